The van der Waals surface area contributed by atoms with Crippen molar-refractivity contribution in [2.24, 2.45) is 4.99 Å². The number of nitrogens with zero attached hydrogens (tertiary/aromatic N) is 2. The molecule has 0 aliphatic carbocycles. The van der Waals surface area contributed by atoms with Crippen molar-refractivity contribution in [2.75, 3.05) is 13.6 Å². The van der Waals surface area contributed by atoms with E-state index in [0.717, 1.165) is 40.4 Å². The summed E-state index contributed by atoms with van der Waals surface area (Å²) in [4.78, 5) is 7.53. The van der Waals surface area contributed by atoms with Gasteiger partial charge in [-0.2, -0.15) is 17.6 Å². The molecule has 158 valence electrons. The summed E-state index contributed by atoms with van der Waals surface area (Å²) in [5, 5.41) is 0. The van der Waals surface area contributed by atoms with Gasteiger partial charge in [0.15, 0.2) is 11.6 Å². The summed E-state index contributed by atoms with van der Waals surface area (Å²) in [6.07, 6.45) is -7.12. The maximum Gasteiger partial charge on any atom is 0.461 e. The molecule has 0 saturated carbocycles. The van der Waals surface area contributed by atoms with Crippen LogP contribution in [-0.2, 0) is 0 Å². The van der Waals surface area contributed by atoms with Crippen molar-refractivity contribution in [1.29, 1.82) is 0 Å². The first kappa shape index (κ1) is 23.0. The molecule has 0 heterocycles. The molecule has 0 aliphatic rings. The molecule has 0 fully saturated rings. The molecule has 3 nitrogen and oxygen atoms in total. The number of halogens is 5. The SMILES string of the molecule is CCN(C)C=Nc1cc(C)c(Sc2ccc(F)c(OC(F)(F)C(F)F)c2)cc1C. The zero-order chi connectivity index (χ0) is 21.8. The Morgan fingerprint density at radius 2 is 1.86 bits per heavy atom. The fourth-order valence-electron chi connectivity index (χ4n) is 2.21. The van der Waals surface area contributed by atoms with Gasteiger partial charge in [-0.3, -0.25) is 0 Å². The van der Waals surface area contributed by atoms with Gasteiger partial charge in [-0.05, 0) is 62.2 Å². The number of alkyl halides is 4. The van der Waals surface area contributed by atoms with Gasteiger partial charge in [-0.1, -0.05) is 11.8 Å². The highest BCUT2D eigenvalue weighted by atomic mass is 32.2. The predicted molar refractivity (Wildman–Crippen MR) is 104 cm³/mol. The first-order valence-corrected chi connectivity index (χ1v) is 9.53. The summed E-state index contributed by atoms with van der Waals surface area (Å²) in [6.45, 7) is 6.55. The first-order valence-electron chi connectivity index (χ1n) is 8.71. The summed E-state index contributed by atoms with van der Waals surface area (Å²) < 4.78 is 68.6. The van der Waals surface area contributed by atoms with E-state index >= 15 is 0 Å². The van der Waals surface area contributed by atoms with Crippen molar-refractivity contribution in [1.82, 2.24) is 4.90 Å². The monoisotopic (exact) mass is 432 g/mol. The average molecular weight is 432 g/mol. The Kier molecular flexibility index (Phi) is 7.51. The number of hydrogen-bond acceptors (Lipinski definition) is 3. The fraction of sp³-hybridized carbons (Fsp3) is 0.350. The number of aliphatic imine (C=N–C) groups is 1. The molecule has 0 aliphatic heterocycles. The minimum atomic E-state index is -4.78. The van der Waals surface area contributed by atoms with Gasteiger partial charge in [0.1, 0.15) is 0 Å². The molecule has 2 rings (SSSR count). The smallest absolute Gasteiger partial charge is 0.425 e. The first-order chi connectivity index (χ1) is 13.5. The van der Waals surface area contributed by atoms with Crippen LogP contribution in [0.4, 0.5) is 27.6 Å². The van der Waals surface area contributed by atoms with Gasteiger partial charge in [0.05, 0.1) is 12.0 Å². The van der Waals surface area contributed by atoms with Crippen molar-refractivity contribution in [3.05, 3.63) is 47.3 Å². The fourth-order valence-corrected chi connectivity index (χ4v) is 3.22. The van der Waals surface area contributed by atoms with Crippen molar-refractivity contribution in [3.8, 4) is 5.75 Å². The summed E-state index contributed by atoms with van der Waals surface area (Å²) in [5.41, 5.74) is 2.55. The Bertz CT molecular complexity index is 889. The molecular weight excluding hydrogens is 411 g/mol. The lowest BCUT2D eigenvalue weighted by Crippen LogP contribution is -2.33. The van der Waals surface area contributed by atoms with Gasteiger partial charge in [0.25, 0.3) is 0 Å². The van der Waals surface area contributed by atoms with Gasteiger partial charge >= 0.3 is 12.5 Å². The van der Waals surface area contributed by atoms with Crippen LogP contribution in [0.5, 0.6) is 5.75 Å². The quantitative estimate of drug-likeness (QED) is 0.273. The standard InChI is InChI=1S/C20H21F5N2OS/c1-5-27(4)11-26-16-8-13(3)18(9-12(16)2)29-14-6-7-15(21)17(10-14)28-20(24,25)19(22)23/h6-11,19H,5H2,1-4H3. The third-order valence-corrected chi connectivity index (χ3v) is 5.17. The normalized spacial score (nSPS) is 12.1. The number of benzene rings is 2. The molecule has 0 unspecified atom stereocenters. The predicted octanol–water partition coefficient (Wildman–Crippen LogP) is 6.44. The van der Waals surface area contributed by atoms with Crippen molar-refractivity contribution >= 4 is 23.8 Å². The average Bonchev–Trinajstić information content (AvgIpc) is 2.65. The lowest BCUT2D eigenvalue weighted by atomic mass is 10.1. The summed E-state index contributed by atoms with van der Waals surface area (Å²) in [7, 11) is 1.90. The third-order valence-electron chi connectivity index (χ3n) is 4.02. The van der Waals surface area contributed by atoms with Crippen LogP contribution in [0.25, 0.3) is 0 Å². The topological polar surface area (TPSA) is 24.8 Å². The molecule has 29 heavy (non-hydrogen) atoms. The number of rotatable bonds is 8. The Morgan fingerprint density at radius 1 is 1.17 bits per heavy atom. The number of aryl methyl sites for hydroxylation is 2. The highest BCUT2D eigenvalue weighted by molar-refractivity contribution is 7.99. The molecule has 9 heteroatoms. The van der Waals surface area contributed by atoms with E-state index in [9.17, 15) is 22.0 Å². The highest BCUT2D eigenvalue weighted by Gasteiger charge is 2.44. The van der Waals surface area contributed by atoms with Crippen LogP contribution in [0.2, 0.25) is 0 Å². The molecule has 0 bridgehead atoms. The van der Waals surface area contributed by atoms with E-state index in [1.165, 1.54) is 17.8 Å². The largest absolute Gasteiger partial charge is 0.461 e. The van der Waals surface area contributed by atoms with Gasteiger partial charge in [0.2, 0.25) is 0 Å². The summed E-state index contributed by atoms with van der Waals surface area (Å²) in [6, 6.07) is 7.00. The Hall–Kier alpha value is -2.29. The van der Waals surface area contributed by atoms with Crippen LogP contribution >= 0.6 is 11.8 Å². The number of ether oxygens (including phenoxy) is 1. The maximum atomic E-state index is 13.7. The van der Waals surface area contributed by atoms with E-state index in [-0.39, 0.29) is 0 Å². The van der Waals surface area contributed by atoms with E-state index in [0.29, 0.717) is 4.90 Å². The molecule has 0 N–H and O–H groups in total. The molecule has 2 aromatic carbocycles. The molecule has 0 radical (unpaired) electrons. The van der Waals surface area contributed by atoms with Crippen molar-refractivity contribution in [3.63, 3.8) is 0 Å². The molecule has 0 aromatic heterocycles. The van der Waals surface area contributed by atoms with E-state index in [1.54, 1.807) is 6.34 Å². The Balaban J connectivity index is 2.27. The second kappa shape index (κ2) is 9.47. The van der Waals surface area contributed by atoms with Crippen LogP contribution in [0.3, 0.4) is 0 Å². The molecular formula is C20H21F5N2OS. The lowest BCUT2D eigenvalue weighted by Gasteiger charge is -2.18. The van der Waals surface area contributed by atoms with Crippen LogP contribution in [-0.4, -0.2) is 37.4 Å². The summed E-state index contributed by atoms with van der Waals surface area (Å²) >= 11 is 1.18. The second-order valence-corrected chi connectivity index (χ2v) is 7.50. The summed E-state index contributed by atoms with van der Waals surface area (Å²) in [5.74, 6) is -2.08. The van der Waals surface area contributed by atoms with E-state index in [1.807, 2.05) is 44.9 Å². The molecule has 0 spiro atoms. The molecule has 0 amide bonds. The molecule has 0 saturated heterocycles. The van der Waals surface area contributed by atoms with Crippen LogP contribution in [0.15, 0.2) is 45.1 Å². The molecule has 2 aromatic rings. The van der Waals surface area contributed by atoms with Crippen molar-refractivity contribution in [2.45, 2.75) is 43.1 Å². The van der Waals surface area contributed by atoms with Crippen molar-refractivity contribution < 1.29 is 26.7 Å². The van der Waals surface area contributed by atoms with Gasteiger partial charge < -0.3 is 9.64 Å². The van der Waals surface area contributed by atoms with Crippen LogP contribution < -0.4 is 4.74 Å². The van der Waals surface area contributed by atoms with Crippen LogP contribution in [0.1, 0.15) is 18.1 Å². The highest BCUT2D eigenvalue weighted by Crippen LogP contribution is 2.37. The van der Waals surface area contributed by atoms with Gasteiger partial charge in [-0.25, -0.2) is 9.38 Å². The minimum Gasteiger partial charge on any atom is -0.425 e. The maximum absolute atomic E-state index is 13.7. The second-order valence-electron chi connectivity index (χ2n) is 6.38. The third kappa shape index (κ3) is 6.09. The Morgan fingerprint density at radius 3 is 2.48 bits per heavy atom. The minimum absolute atomic E-state index is 0.371. The van der Waals surface area contributed by atoms with E-state index < -0.39 is 24.1 Å². The van der Waals surface area contributed by atoms with E-state index in [4.69, 9.17) is 0 Å². The lowest BCUT2D eigenvalue weighted by molar-refractivity contribution is -0.254. The van der Waals surface area contributed by atoms with Gasteiger partial charge in [0, 0.05) is 23.4 Å². The Labute approximate surface area is 170 Å². The van der Waals surface area contributed by atoms with E-state index in [2.05, 4.69) is 9.73 Å². The zero-order valence-electron chi connectivity index (χ0n) is 16.3. The zero-order valence-corrected chi connectivity index (χ0v) is 17.2. The van der Waals surface area contributed by atoms with Gasteiger partial charge in [-0.15, -0.1) is 0 Å². The number of hydrogen-bond donors (Lipinski definition) is 0. The van der Waals surface area contributed by atoms with Crippen LogP contribution in [0, 0.1) is 19.7 Å². The molecule has 0 atom stereocenters.